The van der Waals surface area contributed by atoms with Gasteiger partial charge in [0.1, 0.15) is 5.75 Å². The minimum atomic E-state index is 0.146. The van der Waals surface area contributed by atoms with E-state index in [-0.39, 0.29) is 12.0 Å². The second-order valence-electron chi connectivity index (χ2n) is 6.14. The third-order valence-electron chi connectivity index (χ3n) is 4.64. The van der Waals surface area contributed by atoms with E-state index in [0.717, 1.165) is 38.5 Å². The van der Waals surface area contributed by atoms with E-state index in [1.165, 1.54) is 5.56 Å². The molecule has 120 valence electrons. The number of hydrogen-bond acceptors (Lipinski definition) is 4. The SMILES string of the molecule is COc1ccccc1CN1C[C@H]2CN(C(C)=O)CCO[C@H]2C1. The lowest BCUT2D eigenvalue weighted by atomic mass is 10.1. The summed E-state index contributed by atoms with van der Waals surface area (Å²) in [5.74, 6) is 1.48. The Morgan fingerprint density at radius 1 is 1.32 bits per heavy atom. The quantitative estimate of drug-likeness (QED) is 0.846. The Balaban J connectivity index is 1.65. The molecule has 2 fully saturated rings. The fourth-order valence-corrected chi connectivity index (χ4v) is 3.47. The summed E-state index contributed by atoms with van der Waals surface area (Å²) in [5, 5.41) is 0. The summed E-state index contributed by atoms with van der Waals surface area (Å²) in [6.07, 6.45) is 0.235. The van der Waals surface area contributed by atoms with Gasteiger partial charge >= 0.3 is 0 Å². The van der Waals surface area contributed by atoms with E-state index in [4.69, 9.17) is 9.47 Å². The predicted octanol–water partition coefficient (Wildman–Crippen LogP) is 1.37. The summed E-state index contributed by atoms with van der Waals surface area (Å²) < 4.78 is 11.4. The van der Waals surface area contributed by atoms with Crippen molar-refractivity contribution in [3.8, 4) is 5.75 Å². The van der Waals surface area contributed by atoms with Crippen LogP contribution in [-0.2, 0) is 16.1 Å². The Labute approximate surface area is 131 Å². The first kappa shape index (κ1) is 15.3. The van der Waals surface area contributed by atoms with Gasteiger partial charge in [0.2, 0.25) is 5.91 Å². The number of methoxy groups -OCH3 is 1. The van der Waals surface area contributed by atoms with Crippen LogP contribution in [0.1, 0.15) is 12.5 Å². The average Bonchev–Trinajstić information content (AvgIpc) is 2.77. The largest absolute Gasteiger partial charge is 0.496 e. The summed E-state index contributed by atoms with van der Waals surface area (Å²) in [5.41, 5.74) is 1.20. The molecule has 0 spiro atoms. The lowest BCUT2D eigenvalue weighted by Crippen LogP contribution is -2.35. The van der Waals surface area contributed by atoms with E-state index in [0.29, 0.717) is 12.5 Å². The number of fused-ring (bicyclic) bond motifs is 1. The van der Waals surface area contributed by atoms with Crippen LogP contribution < -0.4 is 4.74 Å². The van der Waals surface area contributed by atoms with E-state index < -0.39 is 0 Å². The number of carbonyl (C=O) groups is 1. The zero-order chi connectivity index (χ0) is 15.5. The highest BCUT2D eigenvalue weighted by atomic mass is 16.5. The first-order valence-corrected chi connectivity index (χ1v) is 7.88. The monoisotopic (exact) mass is 304 g/mol. The molecule has 0 aliphatic carbocycles. The fraction of sp³-hybridized carbons (Fsp3) is 0.588. The molecule has 0 unspecified atom stereocenters. The molecule has 5 nitrogen and oxygen atoms in total. The molecule has 0 aromatic heterocycles. The number of benzene rings is 1. The second kappa shape index (κ2) is 6.67. The maximum atomic E-state index is 11.6. The van der Waals surface area contributed by atoms with Crippen molar-refractivity contribution in [3.63, 3.8) is 0 Å². The molecule has 1 aromatic carbocycles. The van der Waals surface area contributed by atoms with Crippen LogP contribution in [0.2, 0.25) is 0 Å². The molecule has 2 aliphatic rings. The van der Waals surface area contributed by atoms with E-state index >= 15 is 0 Å². The average molecular weight is 304 g/mol. The minimum Gasteiger partial charge on any atom is -0.496 e. The molecule has 3 rings (SSSR count). The molecule has 2 saturated heterocycles. The number of nitrogens with zero attached hydrogens (tertiary/aromatic N) is 2. The molecular weight excluding hydrogens is 280 g/mol. The molecular formula is C17H24N2O3. The smallest absolute Gasteiger partial charge is 0.219 e. The Kier molecular flexibility index (Phi) is 4.64. The van der Waals surface area contributed by atoms with Crippen molar-refractivity contribution >= 4 is 5.91 Å². The minimum absolute atomic E-state index is 0.146. The molecule has 0 saturated carbocycles. The highest BCUT2D eigenvalue weighted by Crippen LogP contribution is 2.27. The normalized spacial score (nSPS) is 25.6. The molecule has 22 heavy (non-hydrogen) atoms. The van der Waals surface area contributed by atoms with Crippen LogP contribution in [0.5, 0.6) is 5.75 Å². The van der Waals surface area contributed by atoms with Crippen LogP contribution in [0.3, 0.4) is 0 Å². The molecule has 2 aliphatic heterocycles. The van der Waals surface area contributed by atoms with E-state index in [2.05, 4.69) is 11.0 Å². The van der Waals surface area contributed by atoms with Gasteiger partial charge in [0.05, 0.1) is 19.8 Å². The number of para-hydroxylation sites is 1. The zero-order valence-electron chi connectivity index (χ0n) is 13.3. The number of likely N-dealkylation sites (tertiary alicyclic amines) is 1. The van der Waals surface area contributed by atoms with E-state index in [9.17, 15) is 4.79 Å². The molecule has 0 N–H and O–H groups in total. The van der Waals surface area contributed by atoms with Gasteiger partial charge in [0.15, 0.2) is 0 Å². The molecule has 0 bridgehead atoms. The van der Waals surface area contributed by atoms with Gasteiger partial charge in [-0.2, -0.15) is 0 Å². The summed E-state index contributed by atoms with van der Waals surface area (Å²) in [4.78, 5) is 16.0. The fourth-order valence-electron chi connectivity index (χ4n) is 3.47. The van der Waals surface area contributed by atoms with Crippen LogP contribution >= 0.6 is 0 Å². The van der Waals surface area contributed by atoms with Crippen LogP contribution in [0, 0.1) is 5.92 Å². The summed E-state index contributed by atoms with van der Waals surface area (Å²) >= 11 is 0. The Hall–Kier alpha value is -1.59. The Morgan fingerprint density at radius 3 is 2.91 bits per heavy atom. The van der Waals surface area contributed by atoms with Gasteiger partial charge in [0.25, 0.3) is 0 Å². The number of ether oxygens (including phenoxy) is 2. The van der Waals surface area contributed by atoms with Gasteiger partial charge < -0.3 is 14.4 Å². The number of carbonyl (C=O) groups excluding carboxylic acids is 1. The molecule has 2 atom stereocenters. The van der Waals surface area contributed by atoms with Crippen LogP contribution in [0.15, 0.2) is 24.3 Å². The van der Waals surface area contributed by atoms with Gasteiger partial charge in [-0.05, 0) is 6.07 Å². The third kappa shape index (κ3) is 3.25. The molecule has 0 radical (unpaired) electrons. The first-order chi connectivity index (χ1) is 10.7. The first-order valence-electron chi connectivity index (χ1n) is 7.88. The Bertz CT molecular complexity index is 534. The van der Waals surface area contributed by atoms with Crippen molar-refractivity contribution in [1.29, 1.82) is 0 Å². The molecule has 1 aromatic rings. The summed E-state index contributed by atoms with van der Waals surface area (Å²) in [7, 11) is 1.71. The van der Waals surface area contributed by atoms with Crippen molar-refractivity contribution in [2.45, 2.75) is 19.6 Å². The molecule has 5 heteroatoms. The highest BCUT2D eigenvalue weighted by molar-refractivity contribution is 5.73. The topological polar surface area (TPSA) is 42.0 Å². The predicted molar refractivity (Wildman–Crippen MR) is 83.8 cm³/mol. The van der Waals surface area contributed by atoms with Crippen LogP contribution in [-0.4, -0.2) is 61.7 Å². The maximum Gasteiger partial charge on any atom is 0.219 e. The maximum absolute atomic E-state index is 11.6. The molecule has 2 heterocycles. The van der Waals surface area contributed by atoms with Crippen LogP contribution in [0.4, 0.5) is 0 Å². The lowest BCUT2D eigenvalue weighted by molar-refractivity contribution is -0.129. The standard InChI is InChI=1S/C17H24N2O3/c1-13(20)19-7-8-22-17-12-18(10-15(17)11-19)9-14-5-3-4-6-16(14)21-2/h3-6,15,17H,7-12H2,1-2H3/t15-,17-/m0/s1. The van der Waals surface area contributed by atoms with E-state index in [1.807, 2.05) is 23.1 Å². The van der Waals surface area contributed by atoms with Crippen molar-refractivity contribution in [2.75, 3.05) is 39.9 Å². The van der Waals surface area contributed by atoms with Gasteiger partial charge in [-0.15, -0.1) is 0 Å². The lowest BCUT2D eigenvalue weighted by Gasteiger charge is -2.22. The third-order valence-corrected chi connectivity index (χ3v) is 4.64. The highest BCUT2D eigenvalue weighted by Gasteiger charge is 2.37. The zero-order valence-corrected chi connectivity index (χ0v) is 13.3. The Morgan fingerprint density at radius 2 is 2.14 bits per heavy atom. The van der Waals surface area contributed by atoms with Gasteiger partial charge in [-0.25, -0.2) is 0 Å². The van der Waals surface area contributed by atoms with Crippen molar-refractivity contribution < 1.29 is 14.3 Å². The van der Waals surface area contributed by atoms with Gasteiger partial charge in [-0.1, -0.05) is 18.2 Å². The van der Waals surface area contributed by atoms with Gasteiger partial charge in [0, 0.05) is 51.1 Å². The van der Waals surface area contributed by atoms with Crippen molar-refractivity contribution in [2.24, 2.45) is 5.92 Å². The van der Waals surface area contributed by atoms with Gasteiger partial charge in [-0.3, -0.25) is 9.69 Å². The summed E-state index contributed by atoms with van der Waals surface area (Å²) in [6.45, 7) is 6.56. The second-order valence-corrected chi connectivity index (χ2v) is 6.14. The van der Waals surface area contributed by atoms with Crippen molar-refractivity contribution in [1.82, 2.24) is 9.80 Å². The summed E-state index contributed by atoms with van der Waals surface area (Å²) in [6, 6.07) is 8.14. The number of amides is 1. The number of hydrogen-bond donors (Lipinski definition) is 0. The van der Waals surface area contributed by atoms with Crippen molar-refractivity contribution in [3.05, 3.63) is 29.8 Å². The molecule has 1 amide bonds. The number of rotatable bonds is 3. The van der Waals surface area contributed by atoms with E-state index in [1.54, 1.807) is 14.0 Å². The van der Waals surface area contributed by atoms with Crippen LogP contribution in [0.25, 0.3) is 0 Å².